The third kappa shape index (κ3) is 8.73. The van der Waals surface area contributed by atoms with Crippen LogP contribution in [-0.2, 0) is 16.1 Å². The second-order valence-electron chi connectivity index (χ2n) is 15.2. The molecule has 0 spiro atoms. The number of halogens is 1. The maximum Gasteiger partial charge on any atom is 0.245 e. The number of aromatic nitrogens is 4. The summed E-state index contributed by atoms with van der Waals surface area (Å²) in [6.45, 7) is 3.75. The van der Waals surface area contributed by atoms with Gasteiger partial charge in [0.15, 0.2) is 0 Å². The number of hydrogen-bond donors (Lipinski definition) is 2. The van der Waals surface area contributed by atoms with Crippen molar-refractivity contribution in [3.8, 4) is 33.6 Å². The Morgan fingerprint density at radius 3 is 1.95 bits per heavy atom. The van der Waals surface area contributed by atoms with E-state index in [-0.39, 0.29) is 23.9 Å². The zero-order chi connectivity index (χ0) is 40.1. The van der Waals surface area contributed by atoms with Crippen molar-refractivity contribution < 1.29 is 9.59 Å². The molecule has 6 aromatic rings. The summed E-state index contributed by atoms with van der Waals surface area (Å²) in [5.74, 6) is 1.63. The molecule has 294 valence electrons. The van der Waals surface area contributed by atoms with Crippen molar-refractivity contribution in [3.63, 3.8) is 0 Å². The first kappa shape index (κ1) is 39.7. The molecule has 2 N–H and O–H groups in total. The first-order valence-electron chi connectivity index (χ1n) is 19.6. The van der Waals surface area contributed by atoms with Gasteiger partial charge >= 0.3 is 0 Å². The number of imidazole rings is 2. The highest BCUT2D eigenvalue weighted by Gasteiger charge is 2.37. The molecule has 3 heterocycles. The van der Waals surface area contributed by atoms with Crippen LogP contribution < -0.4 is 0 Å². The van der Waals surface area contributed by atoms with Crippen LogP contribution in [0, 0.1) is 0 Å². The summed E-state index contributed by atoms with van der Waals surface area (Å²) in [5.41, 5.74) is 7.83. The van der Waals surface area contributed by atoms with Gasteiger partial charge in [0.2, 0.25) is 11.8 Å². The van der Waals surface area contributed by atoms with Crippen LogP contribution in [0.25, 0.3) is 33.6 Å². The average molecular weight is 783 g/mol. The lowest BCUT2D eigenvalue weighted by molar-refractivity contribution is -0.138. The molecule has 2 aromatic heterocycles. The van der Waals surface area contributed by atoms with Crippen LogP contribution in [0.4, 0.5) is 0 Å². The van der Waals surface area contributed by atoms with Crippen LogP contribution in [0.15, 0.2) is 116 Å². The summed E-state index contributed by atoms with van der Waals surface area (Å²) < 4.78 is 0. The van der Waals surface area contributed by atoms with E-state index in [0.717, 1.165) is 75.7 Å². The second kappa shape index (κ2) is 17.7. The molecule has 1 saturated heterocycles. The minimum atomic E-state index is -0.500. The molecule has 0 aliphatic carbocycles. The van der Waals surface area contributed by atoms with E-state index in [1.54, 1.807) is 0 Å². The van der Waals surface area contributed by atoms with Gasteiger partial charge in [0.25, 0.3) is 0 Å². The molecule has 3 atom stereocenters. The topological polar surface area (TPSA) is 104 Å². The zero-order valence-electron chi connectivity index (χ0n) is 33.3. The number of carbonyl (C=O) groups is 2. The van der Waals surface area contributed by atoms with Crippen LogP contribution in [0.3, 0.4) is 0 Å². The van der Waals surface area contributed by atoms with Crippen LogP contribution in [0.2, 0.25) is 5.02 Å². The molecule has 1 aliphatic rings. The SMILES string of the molecule is CCCN(Cc1ncc(-c2ccc(-c3ccc(-c4cnc([C@@H]5CCCN5C(=O)[C@@H](c5ccccc5)N(C)C)[nH]4)cc3)cc2)[nH]1)C(=O)[C@@H](c1ccccc1Cl)N(C)C. The van der Waals surface area contributed by atoms with Gasteiger partial charge in [0, 0.05) is 18.1 Å². The number of carbonyl (C=O) groups excluding carboxylic acids is 2. The highest BCUT2D eigenvalue weighted by Crippen LogP contribution is 2.36. The number of hydrogen-bond acceptors (Lipinski definition) is 6. The number of likely N-dealkylation sites (N-methyl/N-ethyl adjacent to an activating group) is 2. The van der Waals surface area contributed by atoms with E-state index in [4.69, 9.17) is 16.6 Å². The summed E-state index contributed by atoms with van der Waals surface area (Å²) >= 11 is 6.53. The molecule has 10 nitrogen and oxygen atoms in total. The lowest BCUT2D eigenvalue weighted by Crippen LogP contribution is -2.41. The van der Waals surface area contributed by atoms with Crippen molar-refractivity contribution >= 4 is 23.4 Å². The van der Waals surface area contributed by atoms with E-state index in [2.05, 4.69) is 70.4 Å². The van der Waals surface area contributed by atoms with Gasteiger partial charge < -0.3 is 19.8 Å². The number of likely N-dealkylation sites (tertiary alicyclic amines) is 1. The Morgan fingerprint density at radius 1 is 0.754 bits per heavy atom. The van der Waals surface area contributed by atoms with E-state index in [9.17, 15) is 9.59 Å². The number of nitrogens with one attached hydrogen (secondary N) is 2. The predicted octanol–water partition coefficient (Wildman–Crippen LogP) is 8.80. The highest BCUT2D eigenvalue weighted by molar-refractivity contribution is 6.31. The van der Waals surface area contributed by atoms with Crippen molar-refractivity contribution in [2.24, 2.45) is 0 Å². The molecule has 1 aliphatic heterocycles. The van der Waals surface area contributed by atoms with Crippen molar-refractivity contribution in [1.82, 2.24) is 39.5 Å². The monoisotopic (exact) mass is 782 g/mol. The van der Waals surface area contributed by atoms with Crippen molar-refractivity contribution in [2.75, 3.05) is 41.3 Å². The van der Waals surface area contributed by atoms with Crippen LogP contribution in [-0.4, -0.2) is 92.6 Å². The summed E-state index contributed by atoms with van der Waals surface area (Å²) in [6, 6.07) is 33.4. The van der Waals surface area contributed by atoms with Gasteiger partial charge in [0.05, 0.1) is 36.4 Å². The maximum atomic E-state index is 13.9. The number of rotatable bonds is 14. The molecule has 0 bridgehead atoms. The quantitative estimate of drug-likeness (QED) is 0.115. The summed E-state index contributed by atoms with van der Waals surface area (Å²) in [5, 5.41) is 0.576. The molecule has 2 amide bonds. The fourth-order valence-electron chi connectivity index (χ4n) is 7.92. The van der Waals surface area contributed by atoms with E-state index < -0.39 is 6.04 Å². The van der Waals surface area contributed by atoms with E-state index in [1.807, 2.05) is 115 Å². The fourth-order valence-corrected chi connectivity index (χ4v) is 8.15. The molecular formula is C46H51ClN8O2. The third-order valence-corrected chi connectivity index (χ3v) is 11.1. The molecule has 1 fully saturated rings. The Kier molecular flexibility index (Phi) is 12.3. The maximum absolute atomic E-state index is 13.9. The first-order valence-corrected chi connectivity index (χ1v) is 20.0. The normalized spacial score (nSPS) is 15.3. The van der Waals surface area contributed by atoms with Gasteiger partial charge in [-0.1, -0.05) is 116 Å². The lowest BCUT2D eigenvalue weighted by atomic mass is 10.0. The molecule has 11 heteroatoms. The number of aromatic amines is 2. The Morgan fingerprint density at radius 2 is 1.33 bits per heavy atom. The van der Waals surface area contributed by atoms with Crippen molar-refractivity contribution in [2.45, 2.75) is 50.9 Å². The van der Waals surface area contributed by atoms with Gasteiger partial charge in [-0.25, -0.2) is 9.97 Å². The first-order chi connectivity index (χ1) is 27.6. The molecule has 4 aromatic carbocycles. The van der Waals surface area contributed by atoms with Crippen molar-refractivity contribution in [1.29, 1.82) is 0 Å². The van der Waals surface area contributed by atoms with E-state index >= 15 is 0 Å². The second-order valence-corrected chi connectivity index (χ2v) is 15.6. The number of amides is 2. The van der Waals surface area contributed by atoms with Crippen LogP contribution in [0.5, 0.6) is 0 Å². The van der Waals surface area contributed by atoms with Gasteiger partial charge in [-0.05, 0) is 86.9 Å². The average Bonchev–Trinajstić information content (AvgIpc) is 4.01. The van der Waals surface area contributed by atoms with Crippen LogP contribution >= 0.6 is 11.6 Å². The third-order valence-electron chi connectivity index (χ3n) is 10.8. The number of nitrogens with zero attached hydrogens (tertiary/aromatic N) is 6. The van der Waals surface area contributed by atoms with E-state index in [1.165, 1.54) is 0 Å². The standard InChI is InChI=1S/C46H51ClN8O2/c1-6-26-54(45(56)43(53(4)5)36-15-10-11-16-37(36)47)30-41-48-28-38(50-41)33-22-18-31(19-23-33)32-20-24-34(25-21-32)39-29-49-44(51-39)40-17-12-27-55(40)46(57)42(52(2)3)35-13-8-7-9-14-35/h7-11,13-16,18-25,28-29,40,42-43H,6,12,17,26-27,30H2,1-5H3,(H,48,50)(H,49,51)/t40-,42+,43+/m0/s1. The summed E-state index contributed by atoms with van der Waals surface area (Å²) in [6.07, 6.45) is 6.34. The Hall–Kier alpha value is -5.55. The Bertz CT molecular complexity index is 2270. The summed E-state index contributed by atoms with van der Waals surface area (Å²) in [4.78, 5) is 52.0. The molecule has 0 unspecified atom stereocenters. The number of H-pyrrole nitrogens is 2. The molecular weight excluding hydrogens is 732 g/mol. The van der Waals surface area contributed by atoms with Gasteiger partial charge in [-0.2, -0.15) is 0 Å². The number of benzene rings is 4. The smallest absolute Gasteiger partial charge is 0.245 e. The van der Waals surface area contributed by atoms with Crippen LogP contribution in [0.1, 0.15) is 67.1 Å². The van der Waals surface area contributed by atoms with Gasteiger partial charge in [0.1, 0.15) is 23.7 Å². The zero-order valence-corrected chi connectivity index (χ0v) is 34.1. The Balaban J connectivity index is 1.01. The van der Waals surface area contributed by atoms with E-state index in [0.29, 0.717) is 24.7 Å². The largest absolute Gasteiger partial charge is 0.341 e. The van der Waals surface area contributed by atoms with Gasteiger partial charge in [-0.15, -0.1) is 0 Å². The van der Waals surface area contributed by atoms with Crippen molar-refractivity contribution in [3.05, 3.63) is 143 Å². The molecule has 0 saturated carbocycles. The molecule has 0 radical (unpaired) electrons. The molecule has 7 rings (SSSR count). The summed E-state index contributed by atoms with van der Waals surface area (Å²) in [7, 11) is 7.71. The highest BCUT2D eigenvalue weighted by atomic mass is 35.5. The van der Waals surface area contributed by atoms with Gasteiger partial charge in [-0.3, -0.25) is 19.4 Å². The Labute approximate surface area is 340 Å². The molecule has 57 heavy (non-hydrogen) atoms. The minimum Gasteiger partial charge on any atom is -0.341 e. The predicted molar refractivity (Wildman–Crippen MR) is 227 cm³/mol. The minimum absolute atomic E-state index is 0.0129. The lowest BCUT2D eigenvalue weighted by Gasteiger charge is -2.31. The fraction of sp³-hybridized carbons (Fsp3) is 0.304.